The lowest BCUT2D eigenvalue weighted by molar-refractivity contribution is 0.0696. The molecule has 1 aromatic rings. The van der Waals surface area contributed by atoms with Crippen LogP contribution in [0.3, 0.4) is 0 Å². The van der Waals surface area contributed by atoms with Crippen LogP contribution < -0.4 is 5.73 Å². The molecular formula is C16H25N3O. The third kappa shape index (κ3) is 3.58. The maximum atomic E-state index is 12.6. The van der Waals surface area contributed by atoms with Gasteiger partial charge in [-0.25, -0.2) is 0 Å². The topological polar surface area (TPSA) is 49.6 Å². The van der Waals surface area contributed by atoms with Crippen molar-refractivity contribution in [2.45, 2.75) is 25.8 Å². The Kier molecular flexibility index (Phi) is 5.15. The highest BCUT2D eigenvalue weighted by atomic mass is 16.2. The molecule has 2 N–H and O–H groups in total. The van der Waals surface area contributed by atoms with Gasteiger partial charge >= 0.3 is 0 Å². The molecule has 20 heavy (non-hydrogen) atoms. The fraction of sp³-hybridized carbons (Fsp3) is 0.562. The minimum absolute atomic E-state index is 0.145. The average molecular weight is 275 g/mol. The van der Waals surface area contributed by atoms with Crippen LogP contribution >= 0.6 is 0 Å². The molecule has 2 rings (SSSR count). The monoisotopic (exact) mass is 275 g/mol. The van der Waals surface area contributed by atoms with E-state index in [2.05, 4.69) is 18.9 Å². The zero-order valence-electron chi connectivity index (χ0n) is 12.5. The van der Waals surface area contributed by atoms with E-state index < -0.39 is 0 Å². The van der Waals surface area contributed by atoms with Crippen LogP contribution in [0.5, 0.6) is 0 Å². The summed E-state index contributed by atoms with van der Waals surface area (Å²) in [6, 6.07) is 8.13. The first-order valence-electron chi connectivity index (χ1n) is 7.40. The summed E-state index contributed by atoms with van der Waals surface area (Å²) < 4.78 is 0. The zero-order valence-corrected chi connectivity index (χ0v) is 12.5. The van der Waals surface area contributed by atoms with Crippen LogP contribution in [0, 0.1) is 0 Å². The Hall–Kier alpha value is -1.39. The van der Waals surface area contributed by atoms with Crippen molar-refractivity contribution in [3.8, 4) is 0 Å². The minimum atomic E-state index is 0.145. The highest BCUT2D eigenvalue weighted by Gasteiger charge is 2.24. The fourth-order valence-electron chi connectivity index (χ4n) is 2.82. The number of amides is 1. The highest BCUT2D eigenvalue weighted by Crippen LogP contribution is 2.14. The summed E-state index contributed by atoms with van der Waals surface area (Å²) in [4.78, 5) is 16.9. The standard InChI is InChI=1S/C16H25N3O/c1-13-12-18(2)10-3-11-19(13)16(20)15-6-4-14(5-7-15)8-9-17/h4-7,13H,3,8-12,17H2,1-2H3. The second kappa shape index (κ2) is 6.86. The van der Waals surface area contributed by atoms with Crippen LogP contribution in [0.4, 0.5) is 0 Å². The highest BCUT2D eigenvalue weighted by molar-refractivity contribution is 5.94. The number of rotatable bonds is 3. The Morgan fingerprint density at radius 1 is 1.30 bits per heavy atom. The van der Waals surface area contributed by atoms with Gasteiger partial charge in [0.2, 0.25) is 0 Å². The van der Waals surface area contributed by atoms with Gasteiger partial charge in [-0.15, -0.1) is 0 Å². The average Bonchev–Trinajstić information content (AvgIpc) is 2.60. The van der Waals surface area contributed by atoms with Gasteiger partial charge in [0, 0.05) is 24.7 Å². The summed E-state index contributed by atoms with van der Waals surface area (Å²) in [6.45, 7) is 5.61. The second-order valence-electron chi connectivity index (χ2n) is 5.70. The molecule has 1 aliphatic rings. The Balaban J connectivity index is 2.09. The molecule has 1 aromatic carbocycles. The van der Waals surface area contributed by atoms with Crippen molar-refractivity contribution < 1.29 is 4.79 Å². The van der Waals surface area contributed by atoms with Crippen LogP contribution in [-0.4, -0.2) is 55.0 Å². The lowest BCUT2D eigenvalue weighted by atomic mass is 10.1. The van der Waals surface area contributed by atoms with Gasteiger partial charge in [-0.2, -0.15) is 0 Å². The number of nitrogens with two attached hydrogens (primary N) is 1. The minimum Gasteiger partial charge on any atom is -0.335 e. The number of hydrogen-bond acceptors (Lipinski definition) is 3. The van der Waals surface area contributed by atoms with E-state index in [9.17, 15) is 4.79 Å². The van der Waals surface area contributed by atoms with E-state index in [-0.39, 0.29) is 11.9 Å². The molecule has 1 aliphatic heterocycles. The molecular weight excluding hydrogens is 250 g/mol. The molecule has 4 nitrogen and oxygen atoms in total. The molecule has 0 radical (unpaired) electrons. The van der Waals surface area contributed by atoms with E-state index in [4.69, 9.17) is 5.73 Å². The smallest absolute Gasteiger partial charge is 0.254 e. The van der Waals surface area contributed by atoms with Crippen molar-refractivity contribution in [3.63, 3.8) is 0 Å². The van der Waals surface area contributed by atoms with Gasteiger partial charge in [0.15, 0.2) is 0 Å². The molecule has 0 aromatic heterocycles. The molecule has 1 heterocycles. The third-order valence-corrected chi connectivity index (χ3v) is 3.94. The van der Waals surface area contributed by atoms with Gasteiger partial charge in [0.05, 0.1) is 0 Å². The molecule has 0 spiro atoms. The largest absolute Gasteiger partial charge is 0.335 e. The first-order valence-corrected chi connectivity index (χ1v) is 7.40. The van der Waals surface area contributed by atoms with Gasteiger partial charge in [0.25, 0.3) is 5.91 Å². The van der Waals surface area contributed by atoms with Crippen molar-refractivity contribution in [2.75, 3.05) is 33.2 Å². The lowest BCUT2D eigenvalue weighted by Crippen LogP contribution is -2.41. The van der Waals surface area contributed by atoms with Gasteiger partial charge < -0.3 is 15.5 Å². The number of likely N-dealkylation sites (N-methyl/N-ethyl adjacent to an activating group) is 1. The molecule has 4 heteroatoms. The normalized spacial score (nSPS) is 20.8. The Morgan fingerprint density at radius 3 is 2.65 bits per heavy atom. The van der Waals surface area contributed by atoms with Gasteiger partial charge in [0.1, 0.15) is 0 Å². The summed E-state index contributed by atoms with van der Waals surface area (Å²) in [7, 11) is 2.12. The SMILES string of the molecule is CC1CN(C)CCCN1C(=O)c1ccc(CCN)cc1. The molecule has 110 valence electrons. The molecule has 1 fully saturated rings. The second-order valence-corrected chi connectivity index (χ2v) is 5.70. The Bertz CT molecular complexity index is 444. The van der Waals surface area contributed by atoms with Crippen LogP contribution in [0.15, 0.2) is 24.3 Å². The lowest BCUT2D eigenvalue weighted by Gasteiger charge is -2.28. The van der Waals surface area contributed by atoms with E-state index in [1.807, 2.05) is 29.2 Å². The van der Waals surface area contributed by atoms with Crippen LogP contribution in [-0.2, 0) is 6.42 Å². The number of nitrogens with zero attached hydrogens (tertiary/aromatic N) is 2. The first-order chi connectivity index (χ1) is 9.61. The van der Waals surface area contributed by atoms with Crippen LogP contribution in [0.1, 0.15) is 29.3 Å². The predicted molar refractivity (Wildman–Crippen MR) is 81.8 cm³/mol. The van der Waals surface area contributed by atoms with E-state index in [0.29, 0.717) is 6.54 Å². The van der Waals surface area contributed by atoms with Crippen LogP contribution in [0.2, 0.25) is 0 Å². The van der Waals surface area contributed by atoms with E-state index in [1.165, 1.54) is 5.56 Å². The molecule has 0 aliphatic carbocycles. The van der Waals surface area contributed by atoms with Gasteiger partial charge in [-0.1, -0.05) is 12.1 Å². The summed E-state index contributed by atoms with van der Waals surface area (Å²) >= 11 is 0. The van der Waals surface area contributed by atoms with Crippen molar-refractivity contribution in [1.82, 2.24) is 9.80 Å². The van der Waals surface area contributed by atoms with Crippen molar-refractivity contribution in [2.24, 2.45) is 5.73 Å². The third-order valence-electron chi connectivity index (χ3n) is 3.94. The molecule has 1 saturated heterocycles. The molecule has 1 amide bonds. The molecule has 0 bridgehead atoms. The number of hydrogen-bond donors (Lipinski definition) is 1. The summed E-state index contributed by atoms with van der Waals surface area (Å²) in [5, 5.41) is 0. The first kappa shape index (κ1) is 15.0. The molecule has 0 saturated carbocycles. The van der Waals surface area contributed by atoms with E-state index >= 15 is 0 Å². The zero-order chi connectivity index (χ0) is 14.5. The van der Waals surface area contributed by atoms with Crippen molar-refractivity contribution >= 4 is 5.91 Å². The number of carbonyl (C=O) groups is 1. The molecule has 1 unspecified atom stereocenters. The maximum Gasteiger partial charge on any atom is 0.254 e. The quantitative estimate of drug-likeness (QED) is 0.906. The Morgan fingerprint density at radius 2 is 2.00 bits per heavy atom. The van der Waals surface area contributed by atoms with E-state index in [1.54, 1.807) is 0 Å². The number of carbonyl (C=O) groups excluding carboxylic acids is 1. The summed E-state index contributed by atoms with van der Waals surface area (Å²) in [5.74, 6) is 0.145. The van der Waals surface area contributed by atoms with E-state index in [0.717, 1.165) is 38.0 Å². The van der Waals surface area contributed by atoms with Crippen molar-refractivity contribution in [1.29, 1.82) is 0 Å². The molecule has 1 atom stereocenters. The fourth-order valence-corrected chi connectivity index (χ4v) is 2.82. The Labute approximate surface area is 121 Å². The maximum absolute atomic E-state index is 12.6. The van der Waals surface area contributed by atoms with Crippen LogP contribution in [0.25, 0.3) is 0 Å². The van der Waals surface area contributed by atoms with Gasteiger partial charge in [-0.05, 0) is 57.6 Å². The van der Waals surface area contributed by atoms with Gasteiger partial charge in [-0.3, -0.25) is 4.79 Å². The van der Waals surface area contributed by atoms with Crippen molar-refractivity contribution in [3.05, 3.63) is 35.4 Å². The number of benzene rings is 1. The summed E-state index contributed by atoms with van der Waals surface area (Å²) in [5.41, 5.74) is 7.51. The predicted octanol–water partition coefficient (Wildman–Crippen LogP) is 1.35. The summed E-state index contributed by atoms with van der Waals surface area (Å²) in [6.07, 6.45) is 1.90.